The average molecular weight is 1200 g/mol. The minimum absolute atomic E-state index is 0.0811. The van der Waals surface area contributed by atoms with Crippen LogP contribution in [0.15, 0.2) is 279 Å². The van der Waals surface area contributed by atoms with E-state index < -0.39 is 0 Å². The number of benzene rings is 13. The minimum atomic E-state index is -0.0811. The number of ether oxygens (including phenoxy) is 1. The SMILES string of the molecule is CC(C)c1cc(C(C)C)c(B2c3ccc(-n4c5ccccc5c5cc(-c6ccc7c(c6)c6ccccc6n7-c6ccccc6)ccc54)cc3Oc3cc(-n4c5ccccc5c5cc(-c6ccc7c(c6)c6ccccc6n7-c6ccccc6)ccc54)ccc32)c(C(C)C)c1. The minimum Gasteiger partial charge on any atom is -0.458 e. The van der Waals surface area contributed by atoms with Crippen molar-refractivity contribution < 1.29 is 4.74 Å². The Morgan fingerprint density at radius 2 is 0.559 bits per heavy atom. The molecule has 0 spiro atoms. The summed E-state index contributed by atoms with van der Waals surface area (Å²) in [6.45, 7) is 14.0. The van der Waals surface area contributed by atoms with Gasteiger partial charge in [-0.25, -0.2) is 0 Å². The third-order valence-corrected chi connectivity index (χ3v) is 20.2. The maximum Gasteiger partial charge on any atom is 0.251 e. The third kappa shape index (κ3) is 8.54. The lowest BCUT2D eigenvalue weighted by Gasteiger charge is -2.32. The van der Waals surface area contributed by atoms with Crippen LogP contribution in [0.3, 0.4) is 0 Å². The quantitative estimate of drug-likeness (QED) is 0.125. The van der Waals surface area contributed by atoms with E-state index >= 15 is 0 Å². The molecule has 0 N–H and O–H groups in total. The molecule has 0 atom stereocenters. The molecular formula is C87H67BN4O. The van der Waals surface area contributed by atoms with Gasteiger partial charge in [0.25, 0.3) is 6.71 Å². The highest BCUT2D eigenvalue weighted by Crippen LogP contribution is 2.43. The van der Waals surface area contributed by atoms with E-state index in [1.54, 1.807) is 0 Å². The predicted octanol–water partition coefficient (Wildman–Crippen LogP) is 21.4. The van der Waals surface area contributed by atoms with E-state index in [1.807, 2.05) is 0 Å². The molecule has 444 valence electrons. The lowest BCUT2D eigenvalue weighted by Crippen LogP contribution is -2.57. The molecule has 0 amide bonds. The van der Waals surface area contributed by atoms with Crippen molar-refractivity contribution in [2.45, 2.75) is 59.3 Å². The zero-order valence-electron chi connectivity index (χ0n) is 53.1. The number of para-hydroxylation sites is 6. The van der Waals surface area contributed by atoms with Gasteiger partial charge in [-0.2, -0.15) is 0 Å². The summed E-state index contributed by atoms with van der Waals surface area (Å²) in [7, 11) is 0. The first-order valence-electron chi connectivity index (χ1n) is 33.0. The van der Waals surface area contributed by atoms with Gasteiger partial charge in [0.15, 0.2) is 0 Å². The third-order valence-electron chi connectivity index (χ3n) is 20.2. The summed E-state index contributed by atoms with van der Waals surface area (Å²) in [6.07, 6.45) is 0. The van der Waals surface area contributed by atoms with Crippen molar-refractivity contribution in [2.75, 3.05) is 0 Å². The van der Waals surface area contributed by atoms with Crippen molar-refractivity contribution in [3.8, 4) is 56.5 Å². The number of nitrogens with zero attached hydrogens (tertiary/aromatic N) is 4. The van der Waals surface area contributed by atoms with Gasteiger partial charge in [0.1, 0.15) is 11.5 Å². The van der Waals surface area contributed by atoms with Crippen molar-refractivity contribution >= 4 is 110 Å². The highest BCUT2D eigenvalue weighted by Gasteiger charge is 2.38. The van der Waals surface area contributed by atoms with Crippen LogP contribution in [0.25, 0.3) is 132 Å². The Balaban J connectivity index is 0.782. The highest BCUT2D eigenvalue weighted by atomic mass is 16.5. The van der Waals surface area contributed by atoms with E-state index in [4.69, 9.17) is 4.74 Å². The molecule has 4 aromatic heterocycles. The van der Waals surface area contributed by atoms with Gasteiger partial charge in [0.05, 0.1) is 44.1 Å². The maximum absolute atomic E-state index is 7.53. The van der Waals surface area contributed by atoms with Gasteiger partial charge in [-0.3, -0.25) is 0 Å². The summed E-state index contributed by atoms with van der Waals surface area (Å²) in [5.41, 5.74) is 26.5. The van der Waals surface area contributed by atoms with Crippen molar-refractivity contribution in [1.29, 1.82) is 0 Å². The predicted molar refractivity (Wildman–Crippen MR) is 395 cm³/mol. The second kappa shape index (κ2) is 21.3. The molecule has 6 heteroatoms. The van der Waals surface area contributed by atoms with Gasteiger partial charge in [-0.15, -0.1) is 0 Å². The number of fused-ring (bicyclic) bond motifs is 14. The fraction of sp³-hybridized carbons (Fsp3) is 0.103. The first-order valence-corrected chi connectivity index (χ1v) is 33.0. The number of hydrogen-bond acceptors (Lipinski definition) is 1. The van der Waals surface area contributed by atoms with Gasteiger partial charge in [0, 0.05) is 78.0 Å². The summed E-state index contributed by atoms with van der Waals surface area (Å²) >= 11 is 0. The van der Waals surface area contributed by atoms with Crippen LogP contribution in [0.4, 0.5) is 0 Å². The lowest BCUT2D eigenvalue weighted by molar-refractivity contribution is 0.487. The normalized spacial score (nSPS) is 12.5. The van der Waals surface area contributed by atoms with Gasteiger partial charge in [-0.05, 0) is 177 Å². The van der Waals surface area contributed by atoms with Crippen LogP contribution in [0.1, 0.15) is 76.0 Å². The molecule has 17 aromatic rings. The van der Waals surface area contributed by atoms with Gasteiger partial charge >= 0.3 is 0 Å². The first kappa shape index (κ1) is 54.8. The molecule has 0 fully saturated rings. The zero-order chi connectivity index (χ0) is 62.3. The fourth-order valence-electron chi connectivity index (χ4n) is 15.8. The maximum atomic E-state index is 7.53. The number of aromatic nitrogens is 4. The van der Waals surface area contributed by atoms with Crippen LogP contribution in [0, 0.1) is 0 Å². The molecule has 0 unspecified atom stereocenters. The van der Waals surface area contributed by atoms with Crippen LogP contribution in [-0.2, 0) is 0 Å². The number of rotatable bonds is 10. The summed E-state index contributed by atoms with van der Waals surface area (Å²) in [5.74, 6) is 2.73. The molecule has 0 saturated carbocycles. The molecule has 1 aliphatic heterocycles. The van der Waals surface area contributed by atoms with Gasteiger partial charge in [-0.1, -0.05) is 205 Å². The van der Waals surface area contributed by atoms with E-state index in [2.05, 4.69) is 339 Å². The van der Waals surface area contributed by atoms with E-state index in [0.717, 1.165) is 56.3 Å². The largest absolute Gasteiger partial charge is 0.458 e. The second-order valence-electron chi connectivity index (χ2n) is 26.6. The lowest BCUT2D eigenvalue weighted by atomic mass is 9.34. The van der Waals surface area contributed by atoms with E-state index in [1.165, 1.54) is 120 Å². The Bertz CT molecular complexity index is 5540. The summed E-state index contributed by atoms with van der Waals surface area (Å²) in [5, 5.41) is 9.82. The molecule has 1 aliphatic rings. The zero-order valence-corrected chi connectivity index (χ0v) is 53.1. The van der Waals surface area contributed by atoms with Crippen molar-refractivity contribution in [3.63, 3.8) is 0 Å². The van der Waals surface area contributed by atoms with E-state index in [-0.39, 0.29) is 6.71 Å². The van der Waals surface area contributed by atoms with E-state index in [9.17, 15) is 0 Å². The Hall–Kier alpha value is -11.1. The molecule has 0 saturated heterocycles. The van der Waals surface area contributed by atoms with Gasteiger partial charge in [0.2, 0.25) is 0 Å². The summed E-state index contributed by atoms with van der Waals surface area (Å²) in [4.78, 5) is 0. The van der Waals surface area contributed by atoms with Crippen LogP contribution in [0.2, 0.25) is 0 Å². The second-order valence-corrected chi connectivity index (χ2v) is 26.6. The molecule has 5 heterocycles. The first-order chi connectivity index (χ1) is 45.6. The van der Waals surface area contributed by atoms with E-state index in [0.29, 0.717) is 17.8 Å². The smallest absolute Gasteiger partial charge is 0.251 e. The molecule has 0 bridgehead atoms. The molecule has 5 nitrogen and oxygen atoms in total. The molecular weight excluding hydrogens is 1130 g/mol. The fourth-order valence-corrected chi connectivity index (χ4v) is 15.8. The molecule has 18 rings (SSSR count). The van der Waals surface area contributed by atoms with Crippen molar-refractivity contribution in [1.82, 2.24) is 18.3 Å². The van der Waals surface area contributed by atoms with Gasteiger partial charge < -0.3 is 23.0 Å². The summed E-state index contributed by atoms with van der Waals surface area (Å²) in [6, 6.07) is 104. The number of hydrogen-bond donors (Lipinski definition) is 0. The summed E-state index contributed by atoms with van der Waals surface area (Å²) < 4.78 is 17.2. The Labute approximate surface area is 541 Å². The van der Waals surface area contributed by atoms with Crippen molar-refractivity contribution in [2.24, 2.45) is 0 Å². The standard InChI is InChI=1S/C87H67BN4O/c1-53(2)60-49-69(54(3)4)87(70(50-60)55(5)6)88-75-39-37-63(91-79-31-19-15-27-67(79)73-47-58(35-43-83(73)91)56-33-41-81-71(45-56)65-25-13-17-29-77(65)89(81)61-21-9-7-10-22-61)51-85(75)93-86-52-64(38-40-76(86)88)92-80-32-20-16-28-68(80)74-48-59(36-44-84(74)92)57-34-42-82-72(46-57)66-26-14-18-30-78(66)90(82)62-23-11-8-12-24-62/h7-55H,1-6H3. The van der Waals surface area contributed by atoms with Crippen LogP contribution in [-0.4, -0.2) is 25.0 Å². The van der Waals surface area contributed by atoms with Crippen LogP contribution < -0.4 is 21.1 Å². The van der Waals surface area contributed by atoms with Crippen molar-refractivity contribution in [3.05, 3.63) is 296 Å². The molecule has 93 heavy (non-hydrogen) atoms. The monoisotopic (exact) mass is 1190 g/mol. The molecule has 13 aromatic carbocycles. The molecule has 0 radical (unpaired) electrons. The topological polar surface area (TPSA) is 28.9 Å². The Morgan fingerprint density at radius 3 is 0.882 bits per heavy atom. The highest BCUT2D eigenvalue weighted by molar-refractivity contribution is 6.97. The van der Waals surface area contributed by atoms with Crippen LogP contribution >= 0.6 is 0 Å². The van der Waals surface area contributed by atoms with Crippen LogP contribution in [0.5, 0.6) is 11.5 Å². The Kier molecular flexibility index (Phi) is 12.5. The average Bonchev–Trinajstić information content (AvgIpc) is 1.45. The molecule has 0 aliphatic carbocycles. The Morgan fingerprint density at radius 1 is 0.258 bits per heavy atom.